The molecule has 20 heteroatoms. The fourth-order valence-corrected chi connectivity index (χ4v) is 7.05. The van der Waals surface area contributed by atoms with Crippen molar-refractivity contribution in [3.05, 3.63) is 71.8 Å². The monoisotopic (exact) mass is 915 g/mol. The molecule has 0 spiro atoms. The Morgan fingerprint density at radius 2 is 1.39 bits per heavy atom. The van der Waals surface area contributed by atoms with E-state index in [0.717, 1.165) is 21.0 Å². The molecule has 17 nitrogen and oxygen atoms in total. The first kappa shape index (κ1) is 49.1. The number of alkyl halides is 3. The summed E-state index contributed by atoms with van der Waals surface area (Å²) in [6.07, 6.45) is -10.3. The molecule has 0 amide bonds. The normalized spacial score (nSPS) is 27.2. The van der Waals surface area contributed by atoms with Gasteiger partial charge in [0, 0.05) is 38.5 Å². The second-order valence-electron chi connectivity index (χ2n) is 14.5. The van der Waals surface area contributed by atoms with Crippen molar-refractivity contribution in [2.45, 2.75) is 100 Å². The Kier molecular flexibility index (Phi) is 17.3. The zero-order valence-corrected chi connectivity index (χ0v) is 36.6. The van der Waals surface area contributed by atoms with E-state index in [0.29, 0.717) is 0 Å². The number of hydrogen-bond donors (Lipinski definition) is 1. The van der Waals surface area contributed by atoms with E-state index in [1.165, 1.54) is 31.2 Å². The lowest BCUT2D eigenvalue weighted by molar-refractivity contribution is -0.359. The maximum absolute atomic E-state index is 14.2. The number of rotatable bonds is 15. The molecular weight excluding hydrogens is 869 g/mol. The summed E-state index contributed by atoms with van der Waals surface area (Å²) >= 11 is 18.0. The van der Waals surface area contributed by atoms with E-state index in [1.54, 1.807) is 57.2 Å². The molecule has 2 fully saturated rings. The van der Waals surface area contributed by atoms with Crippen molar-refractivity contribution in [3.63, 3.8) is 0 Å². The van der Waals surface area contributed by atoms with Gasteiger partial charge in [-0.1, -0.05) is 92.0 Å². The minimum absolute atomic E-state index is 0.0709. The summed E-state index contributed by atoms with van der Waals surface area (Å²) in [5, 5.41) is 8.42. The largest absolute Gasteiger partial charge is 0.465 e. The first-order valence-electron chi connectivity index (χ1n) is 19.0. The van der Waals surface area contributed by atoms with Gasteiger partial charge in [0.25, 0.3) is 9.58 Å². The number of benzene rings is 2. The summed E-state index contributed by atoms with van der Waals surface area (Å²) < 4.78 is 56.2. The van der Waals surface area contributed by atoms with Gasteiger partial charge in [0.15, 0.2) is 6.10 Å². The topological polar surface area (TPSA) is 219 Å². The Balaban J connectivity index is 1.87. The first-order chi connectivity index (χ1) is 28.7. The lowest BCUT2D eigenvalue weighted by Gasteiger charge is -2.51. The average molecular weight is 917 g/mol. The molecule has 2 aliphatic heterocycles. The number of carbonyl (C=O) groups excluding carboxylic acids is 6. The summed E-state index contributed by atoms with van der Waals surface area (Å²) in [6.45, 7) is 7.43. The maximum atomic E-state index is 14.2. The van der Waals surface area contributed by atoms with Crippen molar-refractivity contribution in [1.29, 1.82) is 5.41 Å². The Bertz CT molecular complexity index is 1880. The van der Waals surface area contributed by atoms with Crippen LogP contribution in [0.5, 0.6) is 0 Å². The Labute approximate surface area is 367 Å². The molecule has 2 aromatic carbocycles. The Hall–Kier alpha value is -4.52. The van der Waals surface area contributed by atoms with Crippen LogP contribution in [0.2, 0.25) is 0 Å². The molecule has 334 valence electrons. The van der Waals surface area contributed by atoms with Crippen molar-refractivity contribution in [3.8, 4) is 0 Å². The quantitative estimate of drug-likeness (QED) is 0.0763. The summed E-state index contributed by atoms with van der Waals surface area (Å²) in [5.41, 5.74) is 0.285. The molecule has 4 unspecified atom stereocenters. The molecule has 0 aliphatic carbocycles. The third-order valence-corrected chi connectivity index (χ3v) is 10.6. The minimum Gasteiger partial charge on any atom is -0.465 e. The van der Waals surface area contributed by atoms with Crippen LogP contribution in [0.15, 0.2) is 60.7 Å². The van der Waals surface area contributed by atoms with Crippen LogP contribution in [0.1, 0.15) is 68.7 Å². The molecule has 4 rings (SSSR count). The van der Waals surface area contributed by atoms with E-state index in [4.69, 9.17) is 87.6 Å². The van der Waals surface area contributed by atoms with Crippen LogP contribution >= 0.6 is 34.8 Å². The van der Waals surface area contributed by atoms with Gasteiger partial charge in [0.1, 0.15) is 37.6 Å². The van der Waals surface area contributed by atoms with Gasteiger partial charge < -0.3 is 47.4 Å². The van der Waals surface area contributed by atoms with E-state index in [-0.39, 0.29) is 11.1 Å². The zero-order chi connectivity index (χ0) is 45.2. The van der Waals surface area contributed by atoms with Crippen LogP contribution in [0.3, 0.4) is 0 Å². The van der Waals surface area contributed by atoms with Crippen LogP contribution < -0.4 is 0 Å². The van der Waals surface area contributed by atoms with E-state index in [1.807, 2.05) is 0 Å². The highest BCUT2D eigenvalue weighted by Gasteiger charge is 2.60. The van der Waals surface area contributed by atoms with Crippen molar-refractivity contribution >= 4 is 76.5 Å². The number of methoxy groups -OCH3 is 1. The number of hydrogen-bond acceptors (Lipinski definition) is 17. The number of ether oxygens (including phenoxy) is 10. The Morgan fingerprint density at radius 3 is 1.92 bits per heavy atom. The van der Waals surface area contributed by atoms with Gasteiger partial charge in [0.05, 0.1) is 30.8 Å². The fourth-order valence-electron chi connectivity index (χ4n) is 6.92. The smallest absolute Gasteiger partial charge is 0.366 e. The number of carbonyl (C=O) groups is 6. The van der Waals surface area contributed by atoms with E-state index in [2.05, 4.69) is 0 Å². The van der Waals surface area contributed by atoms with Crippen LogP contribution in [-0.2, 0) is 66.5 Å². The third kappa shape index (κ3) is 13.0. The summed E-state index contributed by atoms with van der Waals surface area (Å²) in [6, 6.07) is 15.8. The molecule has 2 aliphatic rings. The van der Waals surface area contributed by atoms with Crippen LogP contribution in [0.4, 0.5) is 0 Å². The van der Waals surface area contributed by atoms with Gasteiger partial charge in [0.2, 0.25) is 12.2 Å². The second kappa shape index (κ2) is 21.5. The molecule has 0 radical (unpaired) electrons. The van der Waals surface area contributed by atoms with Gasteiger partial charge in [-0.25, -0.2) is 14.4 Å². The lowest BCUT2D eigenvalue weighted by Crippen LogP contribution is -2.66. The zero-order valence-electron chi connectivity index (χ0n) is 34.3. The van der Waals surface area contributed by atoms with Gasteiger partial charge in [-0.3, -0.25) is 19.8 Å². The molecule has 2 saturated heterocycles. The fraction of sp³-hybridized carbons (Fsp3) is 0.537. The van der Waals surface area contributed by atoms with E-state index in [9.17, 15) is 28.8 Å². The lowest BCUT2D eigenvalue weighted by atomic mass is 9.80. The molecule has 0 bridgehead atoms. The van der Waals surface area contributed by atoms with E-state index < -0.39 is 132 Å². The van der Waals surface area contributed by atoms with Crippen LogP contribution in [-0.4, -0.2) is 115 Å². The summed E-state index contributed by atoms with van der Waals surface area (Å²) in [4.78, 5) is 77.8. The highest BCUT2D eigenvalue weighted by Crippen LogP contribution is 2.44. The van der Waals surface area contributed by atoms with Crippen LogP contribution in [0, 0.1) is 23.2 Å². The summed E-state index contributed by atoms with van der Waals surface area (Å²) in [7, 11) is 1.05. The van der Waals surface area contributed by atoms with Gasteiger partial charge in [-0.15, -0.1) is 0 Å². The van der Waals surface area contributed by atoms with E-state index >= 15 is 0 Å². The molecular formula is C41H48Cl3NO16. The molecule has 0 aromatic heterocycles. The maximum Gasteiger partial charge on any atom is 0.366 e. The number of nitrogens with one attached hydrogen (secondary N) is 1. The number of halogens is 3. The Morgan fingerprint density at radius 1 is 0.803 bits per heavy atom. The summed E-state index contributed by atoms with van der Waals surface area (Å²) in [5.74, 6) is -11.0. The van der Waals surface area contributed by atoms with Crippen molar-refractivity contribution in [2.24, 2.45) is 17.8 Å². The van der Waals surface area contributed by atoms with Gasteiger partial charge in [-0.2, -0.15) is 0 Å². The second-order valence-corrected chi connectivity index (χ2v) is 16.8. The molecule has 1 N–H and O–H groups in total. The predicted molar refractivity (Wildman–Crippen MR) is 214 cm³/mol. The average Bonchev–Trinajstić information content (AvgIpc) is 3.21. The van der Waals surface area contributed by atoms with Crippen molar-refractivity contribution in [2.75, 3.05) is 20.3 Å². The minimum atomic E-state index is -2.52. The highest BCUT2D eigenvalue weighted by atomic mass is 35.6. The molecule has 2 heterocycles. The standard InChI is InChI=1S/C41H48Cl3NO16/c1-21-29(55-25(5)47)18-40(39(51)52-7,60-32(21)22(2)30(56-26(6)48)19-53-24(4)46)61-33-23(3)31(20-54-35(49)27-14-10-8-11-15-27)57-37(59-38(45)41(42,43)44)34(33)58-36(50)28-16-12-9-13-17-28/h8-17,21-23,29-34,37,45H,18-20H2,1-7H3/t21-,22-,23+,29?,30-,31?,32-,33+,34?,37?,40+/m1/s1. The molecule has 0 saturated carbocycles. The van der Waals surface area contributed by atoms with Crippen molar-refractivity contribution in [1.82, 2.24) is 0 Å². The van der Waals surface area contributed by atoms with Gasteiger partial charge >= 0.3 is 35.8 Å². The molecule has 11 atom stereocenters. The first-order valence-corrected chi connectivity index (χ1v) is 20.2. The highest BCUT2D eigenvalue weighted by molar-refractivity contribution is 6.76. The third-order valence-electron chi connectivity index (χ3n) is 10.1. The number of esters is 6. The molecule has 61 heavy (non-hydrogen) atoms. The van der Waals surface area contributed by atoms with Gasteiger partial charge in [-0.05, 0) is 24.3 Å². The van der Waals surface area contributed by atoms with Crippen LogP contribution in [0.25, 0.3) is 0 Å². The SMILES string of the molecule is COC(=O)[C@@]1(O[C@@H]2C(OC(=O)c3ccccc3)C(OC(=N)C(Cl)(Cl)Cl)OC(COC(=O)c3ccccc3)[C@@H]2C)CC(OC(C)=O)[C@@H](C)[C@H]([C@H](C)[C@@H](COC(C)=O)OC(C)=O)O1. The van der Waals surface area contributed by atoms with Crippen molar-refractivity contribution < 1.29 is 76.1 Å². The predicted octanol–water partition coefficient (Wildman–Crippen LogP) is 5.54. The molecule has 2 aromatic rings.